The van der Waals surface area contributed by atoms with E-state index in [1.807, 2.05) is 23.5 Å². The average Bonchev–Trinajstić information content (AvgIpc) is 2.99. The number of thiophene rings is 1. The molecule has 1 aromatic carbocycles. The van der Waals surface area contributed by atoms with Crippen LogP contribution >= 0.6 is 22.9 Å². The minimum atomic E-state index is -0.107. The Balaban J connectivity index is 1.59. The quantitative estimate of drug-likeness (QED) is 0.900. The van der Waals surface area contributed by atoms with Gasteiger partial charge in [-0.15, -0.1) is 11.3 Å². The molecule has 3 nitrogen and oxygen atoms in total. The van der Waals surface area contributed by atoms with Crippen molar-refractivity contribution in [3.8, 4) is 0 Å². The van der Waals surface area contributed by atoms with Crippen LogP contribution in [0.2, 0.25) is 5.02 Å². The molecule has 0 fully saturated rings. The minimum absolute atomic E-state index is 0.107. The molecule has 122 valence electrons. The zero-order valence-corrected chi connectivity index (χ0v) is 15.0. The van der Waals surface area contributed by atoms with Gasteiger partial charge in [0.1, 0.15) is 0 Å². The van der Waals surface area contributed by atoms with Crippen molar-refractivity contribution in [2.45, 2.75) is 32.4 Å². The van der Waals surface area contributed by atoms with E-state index in [1.165, 1.54) is 10.4 Å². The molecule has 0 aliphatic carbocycles. The van der Waals surface area contributed by atoms with Gasteiger partial charge in [-0.05, 0) is 49.4 Å². The molecule has 0 spiro atoms. The lowest BCUT2D eigenvalue weighted by Crippen LogP contribution is -2.44. The Morgan fingerprint density at radius 1 is 1.35 bits per heavy atom. The molecule has 1 N–H and O–H groups in total. The first-order valence-corrected chi connectivity index (χ1v) is 9.18. The summed E-state index contributed by atoms with van der Waals surface area (Å²) in [5, 5.41) is 5.65. The van der Waals surface area contributed by atoms with Crippen molar-refractivity contribution in [2.75, 3.05) is 13.1 Å². The fourth-order valence-corrected chi connectivity index (χ4v) is 4.54. The van der Waals surface area contributed by atoms with Gasteiger partial charge in [0.05, 0.1) is 10.6 Å². The summed E-state index contributed by atoms with van der Waals surface area (Å²) in [6.07, 6.45) is 1.08. The molecule has 1 aliphatic heterocycles. The highest BCUT2D eigenvalue weighted by molar-refractivity contribution is 7.10. The van der Waals surface area contributed by atoms with Gasteiger partial charge >= 0.3 is 0 Å². The van der Waals surface area contributed by atoms with Gasteiger partial charge in [-0.1, -0.05) is 23.7 Å². The smallest absolute Gasteiger partial charge is 0.252 e. The van der Waals surface area contributed by atoms with Crippen molar-refractivity contribution in [3.05, 3.63) is 56.7 Å². The summed E-state index contributed by atoms with van der Waals surface area (Å²) in [5.74, 6) is -0.107. The third kappa shape index (κ3) is 3.44. The van der Waals surface area contributed by atoms with Crippen LogP contribution in [-0.4, -0.2) is 29.9 Å². The number of carbonyl (C=O) groups is 1. The third-order valence-corrected chi connectivity index (χ3v) is 5.97. The van der Waals surface area contributed by atoms with Crippen LogP contribution in [0.4, 0.5) is 0 Å². The number of nitrogens with one attached hydrogen (secondary N) is 1. The fraction of sp³-hybridized carbons (Fsp3) is 0.389. The number of fused-ring (bicyclic) bond motifs is 1. The zero-order chi connectivity index (χ0) is 16.4. The van der Waals surface area contributed by atoms with Crippen LogP contribution in [0.15, 0.2) is 35.7 Å². The fourth-order valence-electron chi connectivity index (χ4n) is 3.30. The number of amides is 1. The minimum Gasteiger partial charge on any atom is -0.351 e. The second-order valence-corrected chi connectivity index (χ2v) is 7.37. The van der Waals surface area contributed by atoms with Gasteiger partial charge in [0.2, 0.25) is 0 Å². The maximum Gasteiger partial charge on any atom is 0.252 e. The van der Waals surface area contributed by atoms with Crippen molar-refractivity contribution < 1.29 is 4.79 Å². The number of hydrogen-bond donors (Lipinski definition) is 1. The molecule has 2 atom stereocenters. The van der Waals surface area contributed by atoms with Crippen LogP contribution in [-0.2, 0) is 6.42 Å². The van der Waals surface area contributed by atoms with E-state index in [4.69, 9.17) is 11.6 Å². The van der Waals surface area contributed by atoms with Crippen molar-refractivity contribution in [1.82, 2.24) is 10.2 Å². The lowest BCUT2D eigenvalue weighted by Gasteiger charge is -2.38. The van der Waals surface area contributed by atoms with Gasteiger partial charge in [-0.25, -0.2) is 0 Å². The first-order valence-electron chi connectivity index (χ1n) is 7.92. The average molecular weight is 349 g/mol. The van der Waals surface area contributed by atoms with Gasteiger partial charge in [-0.3, -0.25) is 9.69 Å². The molecule has 5 heteroatoms. The van der Waals surface area contributed by atoms with Crippen LogP contribution in [0, 0.1) is 0 Å². The second kappa shape index (κ2) is 7.04. The number of hydrogen-bond acceptors (Lipinski definition) is 3. The molecule has 0 saturated heterocycles. The Kier molecular flexibility index (Phi) is 5.05. The normalized spacial score (nSPS) is 21.0. The molecule has 3 rings (SSSR count). The molecular weight excluding hydrogens is 328 g/mol. The largest absolute Gasteiger partial charge is 0.351 e. The van der Waals surface area contributed by atoms with E-state index in [9.17, 15) is 4.79 Å². The van der Waals surface area contributed by atoms with Gasteiger partial charge in [0.15, 0.2) is 0 Å². The highest BCUT2D eigenvalue weighted by atomic mass is 35.5. The number of carbonyl (C=O) groups excluding carboxylic acids is 1. The summed E-state index contributed by atoms with van der Waals surface area (Å²) in [5.41, 5.74) is 2.01. The van der Waals surface area contributed by atoms with Gasteiger partial charge in [-0.2, -0.15) is 0 Å². The number of benzene rings is 1. The van der Waals surface area contributed by atoms with Gasteiger partial charge in [0, 0.05) is 30.1 Å². The molecule has 1 amide bonds. The van der Waals surface area contributed by atoms with Crippen LogP contribution in [0.1, 0.15) is 40.7 Å². The summed E-state index contributed by atoms with van der Waals surface area (Å²) in [7, 11) is 0. The molecule has 0 saturated carbocycles. The lowest BCUT2D eigenvalue weighted by atomic mass is 9.97. The number of rotatable bonds is 4. The van der Waals surface area contributed by atoms with E-state index in [1.54, 1.807) is 12.1 Å². The topological polar surface area (TPSA) is 32.3 Å². The predicted octanol–water partition coefficient (Wildman–Crippen LogP) is 4.14. The summed E-state index contributed by atoms with van der Waals surface area (Å²) in [4.78, 5) is 16.1. The van der Waals surface area contributed by atoms with Gasteiger partial charge < -0.3 is 5.32 Å². The molecule has 0 bridgehead atoms. The molecule has 2 unspecified atom stereocenters. The molecule has 1 aromatic heterocycles. The van der Waals surface area contributed by atoms with E-state index >= 15 is 0 Å². The molecule has 1 aliphatic rings. The maximum atomic E-state index is 12.2. The van der Waals surface area contributed by atoms with Crippen LogP contribution in [0.25, 0.3) is 0 Å². The SMILES string of the molecule is CC1Cc2ccsc2C(C)N1CCNC(=O)c1ccccc1Cl. The Morgan fingerprint density at radius 2 is 2.13 bits per heavy atom. The Labute approximate surface area is 146 Å². The summed E-state index contributed by atoms with van der Waals surface area (Å²) in [6, 6.07) is 10.3. The van der Waals surface area contributed by atoms with Crippen LogP contribution < -0.4 is 5.32 Å². The van der Waals surface area contributed by atoms with Crippen molar-refractivity contribution >= 4 is 28.8 Å². The number of halogens is 1. The zero-order valence-electron chi connectivity index (χ0n) is 13.4. The maximum absolute atomic E-state index is 12.2. The van der Waals surface area contributed by atoms with Crippen molar-refractivity contribution in [1.29, 1.82) is 0 Å². The van der Waals surface area contributed by atoms with E-state index in [0.29, 0.717) is 29.2 Å². The van der Waals surface area contributed by atoms with Gasteiger partial charge in [0.25, 0.3) is 5.91 Å². The van der Waals surface area contributed by atoms with E-state index in [2.05, 4.69) is 35.5 Å². The van der Waals surface area contributed by atoms with E-state index < -0.39 is 0 Å². The Bertz CT molecular complexity index is 700. The van der Waals surface area contributed by atoms with Crippen molar-refractivity contribution in [2.24, 2.45) is 0 Å². The first-order chi connectivity index (χ1) is 11.1. The van der Waals surface area contributed by atoms with Crippen LogP contribution in [0.3, 0.4) is 0 Å². The predicted molar refractivity (Wildman–Crippen MR) is 96.4 cm³/mol. The van der Waals surface area contributed by atoms with Crippen molar-refractivity contribution in [3.63, 3.8) is 0 Å². The lowest BCUT2D eigenvalue weighted by molar-refractivity contribution is 0.0930. The highest BCUT2D eigenvalue weighted by Gasteiger charge is 2.29. The van der Waals surface area contributed by atoms with Crippen LogP contribution in [0.5, 0.6) is 0 Å². The Morgan fingerprint density at radius 3 is 2.91 bits per heavy atom. The summed E-state index contributed by atoms with van der Waals surface area (Å²) < 4.78 is 0. The standard InChI is InChI=1S/C18H21ClN2OS/c1-12-11-14-7-10-23-17(14)13(2)21(12)9-8-20-18(22)15-5-3-4-6-16(15)19/h3-7,10,12-13H,8-9,11H2,1-2H3,(H,20,22). The summed E-state index contributed by atoms with van der Waals surface area (Å²) in [6.45, 7) is 5.98. The molecule has 2 aromatic rings. The molecule has 2 heterocycles. The Hall–Kier alpha value is -1.36. The monoisotopic (exact) mass is 348 g/mol. The van der Waals surface area contributed by atoms with E-state index in [-0.39, 0.29) is 5.91 Å². The molecule has 23 heavy (non-hydrogen) atoms. The van der Waals surface area contributed by atoms with E-state index in [0.717, 1.165) is 13.0 Å². The third-order valence-electron chi connectivity index (χ3n) is 4.51. The molecular formula is C18H21ClN2OS. The molecule has 0 radical (unpaired) electrons. The second-order valence-electron chi connectivity index (χ2n) is 6.01. The highest BCUT2D eigenvalue weighted by Crippen LogP contribution is 2.35. The number of nitrogens with zero attached hydrogens (tertiary/aromatic N) is 1. The first kappa shape index (κ1) is 16.5. The summed E-state index contributed by atoms with van der Waals surface area (Å²) >= 11 is 7.90.